The molecule has 7 heteroatoms. The minimum Gasteiger partial charge on any atom is -0.497 e. The number of hydrogen-bond donors (Lipinski definition) is 1. The molecule has 1 N–H and O–H groups in total. The fraction of sp³-hybridized carbons (Fsp3) is 0.286. The second-order valence-corrected chi connectivity index (χ2v) is 6.65. The minimum absolute atomic E-state index is 0.429. The number of aromatic amines is 1. The Hall–Kier alpha value is -2.93. The predicted octanol–water partition coefficient (Wildman–Crippen LogP) is 5.07. The standard InChI is InChI=1S/C21H24N4O2S/c1-3-4-5-14-27-19-10-6-16(7-11-19)15-22-25-20(23-24-21(25)28)17-8-12-18(26-2)13-9-17/h6-13,15H,3-5,14H2,1-2H3,(H,24,28). The van der Waals surface area contributed by atoms with Gasteiger partial charge in [-0.15, -0.1) is 0 Å². The summed E-state index contributed by atoms with van der Waals surface area (Å²) in [5.41, 5.74) is 1.84. The molecule has 0 fully saturated rings. The summed E-state index contributed by atoms with van der Waals surface area (Å²) in [6, 6.07) is 15.4. The first kappa shape index (κ1) is 19.8. The zero-order chi connectivity index (χ0) is 19.8. The number of benzene rings is 2. The molecule has 6 nitrogen and oxygen atoms in total. The Morgan fingerprint density at radius 1 is 1.07 bits per heavy atom. The minimum atomic E-state index is 0.429. The van der Waals surface area contributed by atoms with E-state index in [2.05, 4.69) is 22.2 Å². The van der Waals surface area contributed by atoms with Crippen LogP contribution in [0.2, 0.25) is 0 Å². The third-order valence-electron chi connectivity index (χ3n) is 4.22. The van der Waals surface area contributed by atoms with Gasteiger partial charge in [0, 0.05) is 5.56 Å². The normalized spacial score (nSPS) is 11.1. The number of rotatable bonds is 9. The average Bonchev–Trinajstić information content (AvgIpc) is 3.11. The van der Waals surface area contributed by atoms with E-state index in [4.69, 9.17) is 21.7 Å². The van der Waals surface area contributed by atoms with Gasteiger partial charge in [-0.2, -0.15) is 14.9 Å². The molecule has 0 aliphatic rings. The molecule has 1 aromatic heterocycles. The number of methoxy groups -OCH3 is 1. The van der Waals surface area contributed by atoms with Crippen molar-refractivity contribution in [3.8, 4) is 22.9 Å². The number of H-pyrrole nitrogens is 1. The summed E-state index contributed by atoms with van der Waals surface area (Å²) in [6.07, 6.45) is 5.20. The summed E-state index contributed by atoms with van der Waals surface area (Å²) in [7, 11) is 1.64. The average molecular weight is 397 g/mol. The number of hydrogen-bond acceptors (Lipinski definition) is 5. The van der Waals surface area contributed by atoms with Crippen LogP contribution < -0.4 is 9.47 Å². The molecule has 0 saturated heterocycles. The molecule has 0 aliphatic carbocycles. The summed E-state index contributed by atoms with van der Waals surface area (Å²) >= 11 is 5.31. The molecule has 0 radical (unpaired) electrons. The Morgan fingerprint density at radius 2 is 1.79 bits per heavy atom. The van der Waals surface area contributed by atoms with E-state index in [1.807, 2.05) is 48.5 Å². The van der Waals surface area contributed by atoms with Crippen molar-refractivity contribution in [1.82, 2.24) is 14.9 Å². The van der Waals surface area contributed by atoms with E-state index in [0.29, 0.717) is 10.6 Å². The molecule has 0 unspecified atom stereocenters. The smallest absolute Gasteiger partial charge is 0.216 e. The van der Waals surface area contributed by atoms with E-state index in [-0.39, 0.29) is 0 Å². The Morgan fingerprint density at radius 3 is 2.46 bits per heavy atom. The largest absolute Gasteiger partial charge is 0.497 e. The van der Waals surface area contributed by atoms with Crippen LogP contribution in [0.15, 0.2) is 53.6 Å². The van der Waals surface area contributed by atoms with Gasteiger partial charge >= 0.3 is 0 Å². The van der Waals surface area contributed by atoms with Crippen LogP contribution in [0.3, 0.4) is 0 Å². The molecule has 0 atom stereocenters. The molecule has 3 aromatic rings. The molecule has 3 rings (SSSR count). The molecule has 2 aromatic carbocycles. The lowest BCUT2D eigenvalue weighted by Crippen LogP contribution is -1.97. The molecule has 0 aliphatic heterocycles. The van der Waals surface area contributed by atoms with E-state index in [1.54, 1.807) is 18.0 Å². The number of aromatic nitrogens is 3. The molecular weight excluding hydrogens is 372 g/mol. The van der Waals surface area contributed by atoms with Crippen LogP contribution in [0.1, 0.15) is 31.7 Å². The van der Waals surface area contributed by atoms with Crippen molar-refractivity contribution in [2.45, 2.75) is 26.2 Å². The van der Waals surface area contributed by atoms with Gasteiger partial charge in [-0.3, -0.25) is 0 Å². The van der Waals surface area contributed by atoms with Gasteiger partial charge in [0.25, 0.3) is 0 Å². The van der Waals surface area contributed by atoms with Gasteiger partial charge in [0.1, 0.15) is 11.5 Å². The lowest BCUT2D eigenvalue weighted by molar-refractivity contribution is 0.306. The van der Waals surface area contributed by atoms with E-state index in [0.717, 1.165) is 35.7 Å². The molecule has 0 bridgehead atoms. The molecule has 1 heterocycles. The SMILES string of the molecule is CCCCCOc1ccc(C=Nn2c(-c3ccc(OC)cc3)n[nH]c2=S)cc1. The highest BCUT2D eigenvalue weighted by Crippen LogP contribution is 2.21. The summed E-state index contributed by atoms with van der Waals surface area (Å²) in [4.78, 5) is 0. The number of ether oxygens (including phenoxy) is 2. The molecule has 0 amide bonds. The third-order valence-corrected chi connectivity index (χ3v) is 4.48. The summed E-state index contributed by atoms with van der Waals surface area (Å²) in [5.74, 6) is 2.29. The molecule has 0 spiro atoms. The first-order valence-corrected chi connectivity index (χ1v) is 9.71. The van der Waals surface area contributed by atoms with Crippen LogP contribution in [0.5, 0.6) is 11.5 Å². The molecular formula is C21H24N4O2S. The maximum absolute atomic E-state index is 5.74. The maximum atomic E-state index is 5.74. The first-order valence-electron chi connectivity index (χ1n) is 9.30. The second-order valence-electron chi connectivity index (χ2n) is 6.26. The summed E-state index contributed by atoms with van der Waals surface area (Å²) in [5, 5.41) is 11.6. The lowest BCUT2D eigenvalue weighted by atomic mass is 10.2. The van der Waals surface area contributed by atoms with Crippen LogP contribution in [0.25, 0.3) is 11.4 Å². The van der Waals surface area contributed by atoms with Crippen LogP contribution in [0.4, 0.5) is 0 Å². The fourth-order valence-electron chi connectivity index (χ4n) is 2.64. The Labute approximate surface area is 169 Å². The van der Waals surface area contributed by atoms with Crippen molar-refractivity contribution >= 4 is 18.4 Å². The van der Waals surface area contributed by atoms with Gasteiger partial charge in [-0.1, -0.05) is 19.8 Å². The Balaban J connectivity index is 1.72. The van der Waals surface area contributed by atoms with Crippen molar-refractivity contribution in [3.63, 3.8) is 0 Å². The van der Waals surface area contributed by atoms with E-state index in [1.165, 1.54) is 12.8 Å². The third kappa shape index (κ3) is 5.07. The predicted molar refractivity (Wildman–Crippen MR) is 114 cm³/mol. The topological polar surface area (TPSA) is 64.4 Å². The van der Waals surface area contributed by atoms with Crippen LogP contribution in [-0.2, 0) is 0 Å². The summed E-state index contributed by atoms with van der Waals surface area (Å²) in [6.45, 7) is 2.93. The zero-order valence-electron chi connectivity index (χ0n) is 16.1. The second kappa shape index (κ2) is 9.85. The van der Waals surface area contributed by atoms with Crippen molar-refractivity contribution in [3.05, 3.63) is 58.9 Å². The molecule has 146 valence electrons. The van der Waals surface area contributed by atoms with Gasteiger partial charge in [-0.25, -0.2) is 5.10 Å². The van der Waals surface area contributed by atoms with Crippen LogP contribution in [-0.4, -0.2) is 34.8 Å². The van der Waals surface area contributed by atoms with E-state index in [9.17, 15) is 0 Å². The molecule has 28 heavy (non-hydrogen) atoms. The summed E-state index contributed by atoms with van der Waals surface area (Å²) < 4.78 is 13.0. The monoisotopic (exact) mass is 396 g/mol. The van der Waals surface area contributed by atoms with Gasteiger partial charge in [0.15, 0.2) is 5.82 Å². The van der Waals surface area contributed by atoms with Crippen molar-refractivity contribution < 1.29 is 9.47 Å². The zero-order valence-corrected chi connectivity index (χ0v) is 16.9. The highest BCUT2D eigenvalue weighted by Gasteiger charge is 2.08. The van der Waals surface area contributed by atoms with Gasteiger partial charge in [0.05, 0.1) is 19.9 Å². The Bertz CT molecular complexity index is 959. The van der Waals surface area contributed by atoms with Gasteiger partial charge in [-0.05, 0) is 72.7 Å². The van der Waals surface area contributed by atoms with Crippen LogP contribution >= 0.6 is 12.2 Å². The number of unbranched alkanes of at least 4 members (excludes halogenated alkanes) is 2. The van der Waals surface area contributed by atoms with E-state index < -0.39 is 0 Å². The van der Waals surface area contributed by atoms with Crippen molar-refractivity contribution in [2.75, 3.05) is 13.7 Å². The highest BCUT2D eigenvalue weighted by atomic mass is 32.1. The van der Waals surface area contributed by atoms with Crippen LogP contribution in [0, 0.1) is 4.77 Å². The highest BCUT2D eigenvalue weighted by molar-refractivity contribution is 7.71. The maximum Gasteiger partial charge on any atom is 0.216 e. The quantitative estimate of drug-likeness (QED) is 0.312. The lowest BCUT2D eigenvalue weighted by Gasteiger charge is -2.05. The van der Waals surface area contributed by atoms with Crippen molar-refractivity contribution in [1.29, 1.82) is 0 Å². The number of nitrogens with one attached hydrogen (secondary N) is 1. The van der Waals surface area contributed by atoms with Gasteiger partial charge < -0.3 is 9.47 Å². The first-order chi connectivity index (χ1) is 13.7. The number of nitrogens with zero attached hydrogens (tertiary/aromatic N) is 3. The van der Waals surface area contributed by atoms with E-state index >= 15 is 0 Å². The fourth-order valence-corrected chi connectivity index (χ4v) is 2.82. The Kier molecular flexibility index (Phi) is 6.97. The van der Waals surface area contributed by atoms with Crippen molar-refractivity contribution in [2.24, 2.45) is 5.10 Å². The molecule has 0 saturated carbocycles. The van der Waals surface area contributed by atoms with Gasteiger partial charge in [0.2, 0.25) is 4.77 Å².